The molecule has 0 saturated heterocycles. The highest BCUT2D eigenvalue weighted by Crippen LogP contribution is 2.21. The number of aromatic nitrogens is 1. The summed E-state index contributed by atoms with van der Waals surface area (Å²) < 4.78 is 13.2. The molecule has 0 aliphatic rings. The fourth-order valence-electron chi connectivity index (χ4n) is 2.87. The van der Waals surface area contributed by atoms with Crippen molar-refractivity contribution in [1.29, 1.82) is 0 Å². The van der Waals surface area contributed by atoms with Crippen molar-refractivity contribution >= 4 is 22.5 Å². The smallest absolute Gasteiger partial charge is 0.125 e. The molecule has 2 unspecified atom stereocenters. The molecule has 0 amide bonds. The SMILES string of the molecule is CC(Cc1c[nH]c2cc(F)ccc12)NCC(O)c1cccc(Cl)c1. The Morgan fingerprint density at radius 3 is 2.88 bits per heavy atom. The van der Waals surface area contributed by atoms with E-state index in [2.05, 4.69) is 17.2 Å². The number of aromatic amines is 1. The highest BCUT2D eigenvalue weighted by Gasteiger charge is 2.12. The number of halogens is 2. The van der Waals surface area contributed by atoms with Gasteiger partial charge in [0.1, 0.15) is 5.82 Å². The highest BCUT2D eigenvalue weighted by atomic mass is 35.5. The summed E-state index contributed by atoms with van der Waals surface area (Å²) in [5.74, 6) is -0.244. The molecule has 1 heterocycles. The number of hydrogen-bond acceptors (Lipinski definition) is 2. The average Bonchev–Trinajstić information content (AvgIpc) is 2.94. The molecule has 2 atom stereocenters. The van der Waals surface area contributed by atoms with Crippen LogP contribution < -0.4 is 5.32 Å². The van der Waals surface area contributed by atoms with Gasteiger partial charge in [0.15, 0.2) is 0 Å². The molecule has 24 heavy (non-hydrogen) atoms. The van der Waals surface area contributed by atoms with Crippen LogP contribution in [0.1, 0.15) is 24.2 Å². The maximum absolute atomic E-state index is 13.2. The van der Waals surface area contributed by atoms with Crippen molar-refractivity contribution in [3.05, 3.63) is 70.6 Å². The Labute approximate surface area is 145 Å². The molecule has 3 rings (SSSR count). The zero-order valence-corrected chi connectivity index (χ0v) is 14.1. The number of aliphatic hydroxyl groups is 1. The molecule has 3 N–H and O–H groups in total. The monoisotopic (exact) mass is 346 g/mol. The first-order valence-electron chi connectivity index (χ1n) is 7.95. The Morgan fingerprint density at radius 2 is 2.08 bits per heavy atom. The van der Waals surface area contributed by atoms with Crippen molar-refractivity contribution in [3.63, 3.8) is 0 Å². The van der Waals surface area contributed by atoms with Gasteiger partial charge in [0, 0.05) is 34.7 Å². The average molecular weight is 347 g/mol. The Hall–Kier alpha value is -1.88. The molecule has 3 aromatic rings. The second kappa shape index (κ2) is 7.34. The molecule has 126 valence electrons. The molecule has 0 saturated carbocycles. The minimum Gasteiger partial charge on any atom is -0.387 e. The van der Waals surface area contributed by atoms with Crippen LogP contribution in [0.2, 0.25) is 5.02 Å². The molecule has 3 nitrogen and oxygen atoms in total. The lowest BCUT2D eigenvalue weighted by molar-refractivity contribution is 0.170. The topological polar surface area (TPSA) is 48.0 Å². The van der Waals surface area contributed by atoms with E-state index in [0.29, 0.717) is 11.6 Å². The summed E-state index contributed by atoms with van der Waals surface area (Å²) in [6.07, 6.45) is 2.09. The van der Waals surface area contributed by atoms with Crippen molar-refractivity contribution in [2.45, 2.75) is 25.5 Å². The molecule has 0 spiro atoms. The minimum absolute atomic E-state index is 0.169. The fraction of sp³-hybridized carbons (Fsp3) is 0.263. The molecule has 0 aliphatic carbocycles. The first-order chi connectivity index (χ1) is 11.5. The third-order valence-corrected chi connectivity index (χ3v) is 4.38. The van der Waals surface area contributed by atoms with E-state index in [-0.39, 0.29) is 11.9 Å². The van der Waals surface area contributed by atoms with Crippen molar-refractivity contribution in [2.24, 2.45) is 0 Å². The van der Waals surface area contributed by atoms with Crippen LogP contribution >= 0.6 is 11.6 Å². The van der Waals surface area contributed by atoms with Gasteiger partial charge in [-0.15, -0.1) is 0 Å². The van der Waals surface area contributed by atoms with E-state index in [1.165, 1.54) is 12.1 Å². The van der Waals surface area contributed by atoms with E-state index in [0.717, 1.165) is 28.5 Å². The lowest BCUT2D eigenvalue weighted by Gasteiger charge is -2.17. The number of aliphatic hydroxyl groups excluding tert-OH is 1. The van der Waals surface area contributed by atoms with Gasteiger partial charge in [0.05, 0.1) is 6.10 Å². The van der Waals surface area contributed by atoms with Gasteiger partial charge in [0.25, 0.3) is 0 Å². The molecule has 1 aromatic heterocycles. The van der Waals surface area contributed by atoms with E-state index in [4.69, 9.17) is 11.6 Å². The molecular weight excluding hydrogens is 327 g/mol. The largest absolute Gasteiger partial charge is 0.387 e. The van der Waals surface area contributed by atoms with Gasteiger partial charge >= 0.3 is 0 Å². The molecule has 0 radical (unpaired) electrons. The first-order valence-corrected chi connectivity index (χ1v) is 8.33. The number of benzene rings is 2. The summed E-state index contributed by atoms with van der Waals surface area (Å²) in [6.45, 7) is 2.51. The van der Waals surface area contributed by atoms with Gasteiger partial charge in [-0.1, -0.05) is 23.7 Å². The lowest BCUT2D eigenvalue weighted by Crippen LogP contribution is -2.32. The quantitative estimate of drug-likeness (QED) is 0.626. The normalized spacial score (nSPS) is 14.0. The van der Waals surface area contributed by atoms with E-state index in [9.17, 15) is 9.50 Å². The second-order valence-electron chi connectivity index (χ2n) is 6.09. The Balaban J connectivity index is 1.60. The van der Waals surface area contributed by atoms with Crippen LogP contribution in [0.5, 0.6) is 0 Å². The van der Waals surface area contributed by atoms with Gasteiger partial charge in [-0.25, -0.2) is 4.39 Å². The van der Waals surface area contributed by atoms with Crippen molar-refractivity contribution < 1.29 is 9.50 Å². The van der Waals surface area contributed by atoms with Crippen molar-refractivity contribution in [2.75, 3.05) is 6.54 Å². The van der Waals surface area contributed by atoms with Crippen molar-refractivity contribution in [3.8, 4) is 0 Å². The van der Waals surface area contributed by atoms with Crippen molar-refractivity contribution in [1.82, 2.24) is 10.3 Å². The Morgan fingerprint density at radius 1 is 1.25 bits per heavy atom. The summed E-state index contributed by atoms with van der Waals surface area (Å²) in [5.41, 5.74) is 2.73. The summed E-state index contributed by atoms with van der Waals surface area (Å²) in [5, 5.41) is 15.2. The molecule has 2 aromatic carbocycles. The summed E-state index contributed by atoms with van der Waals surface area (Å²) in [6, 6.07) is 12.2. The third-order valence-electron chi connectivity index (χ3n) is 4.15. The maximum Gasteiger partial charge on any atom is 0.125 e. The van der Waals surface area contributed by atoms with Crippen LogP contribution in [0.4, 0.5) is 4.39 Å². The van der Waals surface area contributed by atoms with Crippen LogP contribution in [-0.2, 0) is 6.42 Å². The summed E-state index contributed by atoms with van der Waals surface area (Å²) >= 11 is 5.95. The van der Waals surface area contributed by atoms with Gasteiger partial charge in [-0.2, -0.15) is 0 Å². The van der Waals surface area contributed by atoms with Gasteiger partial charge < -0.3 is 15.4 Å². The number of H-pyrrole nitrogens is 1. The van der Waals surface area contributed by atoms with Crippen LogP contribution in [0.15, 0.2) is 48.7 Å². The standard InChI is InChI=1S/C19H20ClFN2O/c1-12(22-11-19(24)13-3-2-4-15(20)8-13)7-14-10-23-18-9-16(21)5-6-17(14)18/h2-6,8-10,12,19,22-24H,7,11H2,1H3. The third kappa shape index (κ3) is 3.96. The minimum atomic E-state index is -0.608. The lowest BCUT2D eigenvalue weighted by atomic mass is 10.1. The second-order valence-corrected chi connectivity index (χ2v) is 6.52. The Bertz CT molecular complexity index is 833. The van der Waals surface area contributed by atoms with Gasteiger partial charge in [0.2, 0.25) is 0 Å². The summed E-state index contributed by atoms with van der Waals surface area (Å²) in [7, 11) is 0. The zero-order chi connectivity index (χ0) is 17.1. The van der Waals surface area contributed by atoms with Crippen LogP contribution in [0, 0.1) is 5.82 Å². The van der Waals surface area contributed by atoms with E-state index >= 15 is 0 Å². The van der Waals surface area contributed by atoms with Gasteiger partial charge in [-0.05, 0) is 54.8 Å². The van der Waals surface area contributed by atoms with Crippen LogP contribution in [0.25, 0.3) is 10.9 Å². The number of fused-ring (bicyclic) bond motifs is 1. The maximum atomic E-state index is 13.2. The Kier molecular flexibility index (Phi) is 5.19. The fourth-order valence-corrected chi connectivity index (χ4v) is 3.07. The van der Waals surface area contributed by atoms with Crippen LogP contribution in [-0.4, -0.2) is 22.7 Å². The molecule has 0 aliphatic heterocycles. The predicted octanol–water partition coefficient (Wildman–Crippen LogP) is 4.21. The number of nitrogens with one attached hydrogen (secondary N) is 2. The van der Waals surface area contributed by atoms with Crippen LogP contribution in [0.3, 0.4) is 0 Å². The van der Waals surface area contributed by atoms with Gasteiger partial charge in [-0.3, -0.25) is 0 Å². The first kappa shape index (κ1) is 17.0. The molecule has 5 heteroatoms. The predicted molar refractivity (Wildman–Crippen MR) is 95.8 cm³/mol. The highest BCUT2D eigenvalue weighted by molar-refractivity contribution is 6.30. The molecule has 0 bridgehead atoms. The van der Waals surface area contributed by atoms with E-state index < -0.39 is 6.10 Å². The zero-order valence-electron chi connectivity index (χ0n) is 13.4. The summed E-state index contributed by atoms with van der Waals surface area (Å²) in [4.78, 5) is 3.10. The van der Waals surface area contributed by atoms with E-state index in [1.807, 2.05) is 18.3 Å². The number of hydrogen-bond donors (Lipinski definition) is 3. The molecular formula is C19H20ClFN2O. The number of rotatable bonds is 6. The molecule has 0 fully saturated rings. The van der Waals surface area contributed by atoms with E-state index in [1.54, 1.807) is 18.2 Å².